The highest BCUT2D eigenvalue weighted by atomic mass is 127. The molecule has 2 aromatic rings. The van der Waals surface area contributed by atoms with Crippen molar-refractivity contribution in [2.75, 3.05) is 41.8 Å². The van der Waals surface area contributed by atoms with Crippen LogP contribution in [0.4, 0.5) is 0 Å². The first-order valence-corrected chi connectivity index (χ1v) is 9.29. The van der Waals surface area contributed by atoms with Crippen molar-refractivity contribution in [1.29, 1.82) is 0 Å². The molecule has 28 heavy (non-hydrogen) atoms. The first-order valence-electron chi connectivity index (χ1n) is 9.29. The Balaban J connectivity index is 0.00000392. The van der Waals surface area contributed by atoms with Crippen LogP contribution < -0.4 is 10.1 Å². The summed E-state index contributed by atoms with van der Waals surface area (Å²) in [6.07, 6.45) is 0.994. The van der Waals surface area contributed by atoms with E-state index in [2.05, 4.69) is 70.6 Å². The van der Waals surface area contributed by atoms with Crippen LogP contribution in [0, 0.1) is 0 Å². The predicted octanol–water partition coefficient (Wildman–Crippen LogP) is 3.49. The van der Waals surface area contributed by atoms with E-state index < -0.39 is 0 Å². The summed E-state index contributed by atoms with van der Waals surface area (Å²) in [7, 11) is 9.82. The lowest BCUT2D eigenvalue weighted by Crippen LogP contribution is -2.46. The summed E-state index contributed by atoms with van der Waals surface area (Å²) < 4.78 is 5.46. The summed E-state index contributed by atoms with van der Waals surface area (Å²) in [5, 5.41) is 3.52. The number of hydrogen-bond acceptors (Lipinski definition) is 3. The van der Waals surface area contributed by atoms with Gasteiger partial charge in [-0.1, -0.05) is 48.5 Å². The van der Waals surface area contributed by atoms with E-state index in [0.29, 0.717) is 6.04 Å². The van der Waals surface area contributed by atoms with Crippen LogP contribution in [0.3, 0.4) is 0 Å². The second-order valence-electron chi connectivity index (χ2n) is 6.90. The van der Waals surface area contributed by atoms with Crippen LogP contribution in [0.15, 0.2) is 59.6 Å². The highest BCUT2D eigenvalue weighted by molar-refractivity contribution is 14.0. The van der Waals surface area contributed by atoms with Crippen LogP contribution in [0.5, 0.6) is 5.75 Å². The topological polar surface area (TPSA) is 40.1 Å². The number of aliphatic imine (C=N–C) groups is 1. The molecular formula is C22H33IN4O. The van der Waals surface area contributed by atoms with Gasteiger partial charge in [-0.3, -0.25) is 4.99 Å². The molecule has 0 heterocycles. The van der Waals surface area contributed by atoms with Crippen LogP contribution in [0.1, 0.15) is 11.1 Å². The quantitative estimate of drug-likeness (QED) is 0.345. The van der Waals surface area contributed by atoms with Crippen LogP contribution in [-0.2, 0) is 13.0 Å². The Hall–Kier alpha value is -1.80. The fourth-order valence-corrected chi connectivity index (χ4v) is 3.08. The molecule has 0 saturated carbocycles. The monoisotopic (exact) mass is 496 g/mol. The molecule has 0 amide bonds. The second-order valence-corrected chi connectivity index (χ2v) is 6.90. The second kappa shape index (κ2) is 12.6. The van der Waals surface area contributed by atoms with Crippen molar-refractivity contribution in [3.8, 4) is 5.75 Å². The molecule has 2 rings (SSSR count). The summed E-state index contributed by atoms with van der Waals surface area (Å²) in [5.74, 6) is 1.77. The van der Waals surface area contributed by atoms with Crippen molar-refractivity contribution in [2.24, 2.45) is 4.99 Å². The Labute approximate surface area is 186 Å². The van der Waals surface area contributed by atoms with Gasteiger partial charge in [-0.05, 0) is 32.1 Å². The van der Waals surface area contributed by atoms with E-state index in [1.165, 1.54) is 5.56 Å². The van der Waals surface area contributed by atoms with Crippen LogP contribution in [0.25, 0.3) is 0 Å². The minimum Gasteiger partial charge on any atom is -0.496 e. The first-order chi connectivity index (χ1) is 13.0. The molecular weight excluding hydrogens is 463 g/mol. The van der Waals surface area contributed by atoms with Gasteiger partial charge in [0.25, 0.3) is 0 Å². The highest BCUT2D eigenvalue weighted by Crippen LogP contribution is 2.18. The van der Waals surface area contributed by atoms with Gasteiger partial charge in [0.05, 0.1) is 7.11 Å². The van der Waals surface area contributed by atoms with Crippen LogP contribution in [0.2, 0.25) is 0 Å². The molecule has 0 fully saturated rings. The van der Waals surface area contributed by atoms with Gasteiger partial charge in [-0.25, -0.2) is 0 Å². The third-order valence-electron chi connectivity index (χ3n) is 4.71. The molecule has 1 unspecified atom stereocenters. The molecule has 2 aromatic carbocycles. The summed E-state index contributed by atoms with van der Waals surface area (Å²) in [4.78, 5) is 8.83. The summed E-state index contributed by atoms with van der Waals surface area (Å²) in [6, 6.07) is 19.1. The van der Waals surface area contributed by atoms with Gasteiger partial charge in [0.15, 0.2) is 5.96 Å². The number of hydrogen-bond donors (Lipinski definition) is 1. The van der Waals surface area contributed by atoms with Crippen molar-refractivity contribution in [3.05, 3.63) is 65.7 Å². The number of rotatable bonds is 8. The smallest absolute Gasteiger partial charge is 0.193 e. The van der Waals surface area contributed by atoms with Crippen molar-refractivity contribution in [3.63, 3.8) is 0 Å². The maximum Gasteiger partial charge on any atom is 0.193 e. The molecule has 5 nitrogen and oxygen atoms in total. The van der Waals surface area contributed by atoms with E-state index in [9.17, 15) is 0 Å². The molecule has 0 aliphatic heterocycles. The summed E-state index contributed by atoms with van der Waals surface area (Å²) in [5.41, 5.74) is 2.48. The average molecular weight is 496 g/mol. The van der Waals surface area contributed by atoms with Gasteiger partial charge in [0.1, 0.15) is 5.75 Å². The third-order valence-corrected chi connectivity index (χ3v) is 4.71. The van der Waals surface area contributed by atoms with Crippen molar-refractivity contribution in [2.45, 2.75) is 19.0 Å². The molecule has 0 saturated heterocycles. The zero-order valence-electron chi connectivity index (χ0n) is 17.6. The van der Waals surface area contributed by atoms with Crippen LogP contribution >= 0.6 is 24.0 Å². The van der Waals surface area contributed by atoms with Gasteiger partial charge in [0.2, 0.25) is 0 Å². The van der Waals surface area contributed by atoms with E-state index in [1.54, 1.807) is 7.11 Å². The first kappa shape index (κ1) is 24.2. The largest absolute Gasteiger partial charge is 0.496 e. The van der Waals surface area contributed by atoms with E-state index >= 15 is 0 Å². The van der Waals surface area contributed by atoms with E-state index in [4.69, 9.17) is 4.74 Å². The van der Waals surface area contributed by atoms with Gasteiger partial charge in [-0.15, -0.1) is 24.0 Å². The van der Waals surface area contributed by atoms with E-state index in [1.807, 2.05) is 32.3 Å². The predicted molar refractivity (Wildman–Crippen MR) is 129 cm³/mol. The Morgan fingerprint density at radius 3 is 2.29 bits per heavy atom. The number of nitrogens with one attached hydrogen (secondary N) is 1. The third kappa shape index (κ3) is 7.31. The Morgan fingerprint density at radius 1 is 1.04 bits per heavy atom. The lowest BCUT2D eigenvalue weighted by Gasteiger charge is -2.28. The van der Waals surface area contributed by atoms with Crippen molar-refractivity contribution >= 4 is 29.9 Å². The molecule has 0 aliphatic carbocycles. The molecule has 1 atom stereocenters. The minimum atomic E-state index is 0. The standard InChI is InChI=1S/C22H32N4O.HI/c1-23-22(26(4)17-19-13-9-10-14-21(19)27-5)24-16-20(25(2)3)15-18-11-7-6-8-12-18;/h6-14,20H,15-17H2,1-5H3,(H,23,24);1H. The highest BCUT2D eigenvalue weighted by Gasteiger charge is 2.15. The molecule has 0 bridgehead atoms. The number of nitrogens with zero attached hydrogens (tertiary/aromatic N) is 3. The number of likely N-dealkylation sites (N-methyl/N-ethyl adjacent to an activating group) is 1. The number of guanidine groups is 1. The fraction of sp³-hybridized carbons (Fsp3) is 0.409. The maximum atomic E-state index is 5.46. The van der Waals surface area contributed by atoms with E-state index in [0.717, 1.165) is 36.8 Å². The molecule has 0 radical (unpaired) electrons. The number of para-hydroxylation sites is 1. The van der Waals surface area contributed by atoms with Gasteiger partial charge < -0.3 is 19.9 Å². The molecule has 6 heteroatoms. The Bertz CT molecular complexity index is 721. The van der Waals surface area contributed by atoms with Crippen LogP contribution in [-0.4, -0.2) is 63.6 Å². The molecule has 0 spiro atoms. The van der Waals surface area contributed by atoms with Crippen molar-refractivity contribution in [1.82, 2.24) is 15.1 Å². The maximum absolute atomic E-state index is 5.46. The fourth-order valence-electron chi connectivity index (χ4n) is 3.08. The molecule has 0 aliphatic rings. The average Bonchev–Trinajstić information content (AvgIpc) is 2.68. The minimum absolute atomic E-state index is 0. The number of methoxy groups -OCH3 is 1. The molecule has 154 valence electrons. The van der Waals surface area contributed by atoms with Gasteiger partial charge in [-0.2, -0.15) is 0 Å². The van der Waals surface area contributed by atoms with Crippen molar-refractivity contribution < 1.29 is 4.74 Å². The van der Waals surface area contributed by atoms with Gasteiger partial charge >= 0.3 is 0 Å². The molecule has 0 aromatic heterocycles. The van der Waals surface area contributed by atoms with Gasteiger partial charge in [0, 0.05) is 38.8 Å². The normalized spacial score (nSPS) is 12.3. The zero-order valence-corrected chi connectivity index (χ0v) is 19.9. The Morgan fingerprint density at radius 2 is 1.68 bits per heavy atom. The lowest BCUT2D eigenvalue weighted by molar-refractivity contribution is 0.287. The van der Waals surface area contributed by atoms with E-state index in [-0.39, 0.29) is 24.0 Å². The Kier molecular flexibility index (Phi) is 10.9. The number of halogens is 1. The SMILES string of the molecule is CN=C(NCC(Cc1ccccc1)N(C)C)N(C)Cc1ccccc1OC.I. The number of ether oxygens (including phenoxy) is 1. The summed E-state index contributed by atoms with van der Waals surface area (Å²) >= 11 is 0. The summed E-state index contributed by atoms with van der Waals surface area (Å²) in [6.45, 7) is 1.56. The zero-order chi connectivity index (χ0) is 19.6. The number of benzene rings is 2. The lowest BCUT2D eigenvalue weighted by atomic mass is 10.1. The molecule has 1 N–H and O–H groups in total.